The molecule has 1 N–H and O–H groups in total. The van der Waals surface area contributed by atoms with Crippen molar-refractivity contribution in [3.8, 4) is 0 Å². The summed E-state index contributed by atoms with van der Waals surface area (Å²) in [5, 5.41) is 10.2. The van der Waals surface area contributed by atoms with Crippen molar-refractivity contribution in [1.82, 2.24) is 0 Å². The summed E-state index contributed by atoms with van der Waals surface area (Å²) >= 11 is 0. The number of rotatable bonds is 2. The Bertz CT molecular complexity index is 610. The van der Waals surface area contributed by atoms with Crippen LogP contribution in [0.4, 0.5) is 0 Å². The van der Waals surface area contributed by atoms with Crippen LogP contribution in [0.2, 0.25) is 0 Å². The maximum atomic E-state index is 11.9. The fraction of sp³-hybridized carbons (Fsp3) is 0.864. The summed E-state index contributed by atoms with van der Waals surface area (Å²) in [6.45, 7) is 8.83. The van der Waals surface area contributed by atoms with Gasteiger partial charge in [0.25, 0.3) is 0 Å². The molecule has 140 valence electrons. The first-order valence-corrected chi connectivity index (χ1v) is 10.2. The lowest BCUT2D eigenvalue weighted by molar-refractivity contribution is -0.208. The van der Waals surface area contributed by atoms with Crippen LogP contribution in [-0.2, 0) is 9.53 Å². The van der Waals surface area contributed by atoms with Crippen LogP contribution >= 0.6 is 0 Å². The molecule has 0 heterocycles. The Hall–Kier alpha value is -0.830. The van der Waals surface area contributed by atoms with Crippen molar-refractivity contribution in [3.63, 3.8) is 0 Å². The van der Waals surface area contributed by atoms with Crippen LogP contribution in [-0.4, -0.2) is 23.8 Å². The molecule has 0 saturated heterocycles. The normalized spacial score (nSPS) is 51.3. The lowest BCUT2D eigenvalue weighted by atomic mass is 9.40. The van der Waals surface area contributed by atoms with Gasteiger partial charge in [-0.05, 0) is 74.0 Å². The zero-order valence-electron chi connectivity index (χ0n) is 16.3. The van der Waals surface area contributed by atoms with Crippen molar-refractivity contribution in [2.75, 3.05) is 6.61 Å². The highest BCUT2D eigenvalue weighted by Gasteiger charge is 2.66. The number of carbonyl (C=O) groups excluding carboxylic acids is 1. The lowest BCUT2D eigenvalue weighted by Crippen LogP contribution is -2.62. The molecule has 3 nitrogen and oxygen atoms in total. The third-order valence-electron chi connectivity index (χ3n) is 8.81. The van der Waals surface area contributed by atoms with Crippen molar-refractivity contribution < 1.29 is 14.6 Å². The molecule has 3 heteroatoms. The molecule has 0 aliphatic heterocycles. The smallest absolute Gasteiger partial charge is 0.302 e. The summed E-state index contributed by atoms with van der Waals surface area (Å²) in [6.07, 6.45) is 10.6. The van der Waals surface area contributed by atoms with Gasteiger partial charge in [-0.25, -0.2) is 0 Å². The summed E-state index contributed by atoms with van der Waals surface area (Å²) in [5.74, 6) is 1.54. The molecule has 2 bridgehead atoms. The highest BCUT2D eigenvalue weighted by Crippen LogP contribution is 2.71. The minimum absolute atomic E-state index is 0.0164. The van der Waals surface area contributed by atoms with E-state index in [1.807, 2.05) is 0 Å². The Morgan fingerprint density at radius 2 is 2.04 bits per heavy atom. The minimum atomic E-state index is -0.150. The predicted molar refractivity (Wildman–Crippen MR) is 97.8 cm³/mol. The molecule has 3 saturated carbocycles. The van der Waals surface area contributed by atoms with Crippen LogP contribution in [0.3, 0.4) is 0 Å². The van der Waals surface area contributed by atoms with E-state index < -0.39 is 0 Å². The zero-order valence-corrected chi connectivity index (χ0v) is 16.3. The largest absolute Gasteiger partial charge is 0.462 e. The van der Waals surface area contributed by atoms with E-state index in [-0.39, 0.29) is 34.9 Å². The Kier molecular flexibility index (Phi) is 3.92. The molecule has 0 aromatic carbocycles. The number of aliphatic hydroxyl groups is 1. The Balaban J connectivity index is 1.81. The quantitative estimate of drug-likeness (QED) is 0.592. The van der Waals surface area contributed by atoms with Crippen LogP contribution in [0.1, 0.15) is 72.6 Å². The predicted octanol–water partition coefficient (Wildman–Crippen LogP) is 4.49. The SMILES string of the molecule is CC(=O)OC1CC2C(C)(CO)CCCC2(C)C2CCC3CC12C=C3C. The van der Waals surface area contributed by atoms with E-state index in [1.165, 1.54) is 37.7 Å². The van der Waals surface area contributed by atoms with Gasteiger partial charge in [-0.2, -0.15) is 0 Å². The number of fused-ring (bicyclic) bond motifs is 3. The number of ether oxygens (including phenoxy) is 1. The summed E-state index contributed by atoms with van der Waals surface area (Å²) in [5.41, 5.74) is 1.76. The van der Waals surface area contributed by atoms with Crippen LogP contribution in [0.15, 0.2) is 11.6 Å². The van der Waals surface area contributed by atoms with Gasteiger partial charge < -0.3 is 9.84 Å². The number of hydrogen-bond acceptors (Lipinski definition) is 3. The Labute approximate surface area is 152 Å². The van der Waals surface area contributed by atoms with E-state index in [2.05, 4.69) is 26.8 Å². The van der Waals surface area contributed by atoms with E-state index in [0.29, 0.717) is 17.8 Å². The molecule has 7 unspecified atom stereocenters. The average Bonchev–Trinajstić information content (AvgIpc) is 2.79. The second kappa shape index (κ2) is 5.58. The van der Waals surface area contributed by atoms with Crippen LogP contribution in [0.25, 0.3) is 0 Å². The number of carbonyl (C=O) groups is 1. The molecule has 3 fully saturated rings. The van der Waals surface area contributed by atoms with E-state index in [1.54, 1.807) is 6.92 Å². The first-order valence-electron chi connectivity index (χ1n) is 10.2. The second-order valence-corrected chi connectivity index (χ2v) is 10.1. The topological polar surface area (TPSA) is 46.5 Å². The third-order valence-corrected chi connectivity index (χ3v) is 8.81. The van der Waals surface area contributed by atoms with Crippen LogP contribution in [0.5, 0.6) is 0 Å². The van der Waals surface area contributed by atoms with Crippen molar-refractivity contribution >= 4 is 5.97 Å². The third kappa shape index (κ3) is 2.30. The van der Waals surface area contributed by atoms with Gasteiger partial charge in [0.1, 0.15) is 6.10 Å². The standard InChI is InChI=1S/C22H34O3/c1-14-11-22-12-16(14)6-7-17(22)21(4)9-5-8-20(3,13-23)18(21)10-19(22)25-15(2)24/h11,16-19,23H,5-10,12-13H2,1-4H3. The first kappa shape index (κ1) is 17.6. The lowest BCUT2D eigenvalue weighted by Gasteiger charge is -2.65. The molecular formula is C22H34O3. The highest BCUT2D eigenvalue weighted by atomic mass is 16.5. The maximum Gasteiger partial charge on any atom is 0.302 e. The molecule has 0 aromatic rings. The number of allylic oxidation sites excluding steroid dienone is 1. The van der Waals surface area contributed by atoms with Crippen molar-refractivity contribution in [1.29, 1.82) is 0 Å². The van der Waals surface area contributed by atoms with Gasteiger partial charge in [0.05, 0.1) is 0 Å². The molecule has 0 radical (unpaired) electrons. The molecular weight excluding hydrogens is 312 g/mol. The fourth-order valence-electron chi connectivity index (χ4n) is 7.76. The van der Waals surface area contributed by atoms with Crippen molar-refractivity contribution in [2.45, 2.75) is 78.7 Å². The van der Waals surface area contributed by atoms with Crippen LogP contribution in [0, 0.1) is 34.0 Å². The van der Waals surface area contributed by atoms with Gasteiger partial charge in [0, 0.05) is 18.9 Å². The summed E-state index contributed by atoms with van der Waals surface area (Å²) < 4.78 is 6.00. The van der Waals surface area contributed by atoms with Gasteiger partial charge >= 0.3 is 5.97 Å². The number of esters is 1. The molecule has 4 aliphatic rings. The van der Waals surface area contributed by atoms with Gasteiger partial charge in [-0.3, -0.25) is 4.79 Å². The first-order chi connectivity index (χ1) is 11.7. The molecule has 0 amide bonds. The summed E-state index contributed by atoms with van der Waals surface area (Å²) in [7, 11) is 0. The summed E-state index contributed by atoms with van der Waals surface area (Å²) in [6, 6.07) is 0. The Morgan fingerprint density at radius 1 is 1.28 bits per heavy atom. The number of hydrogen-bond donors (Lipinski definition) is 1. The van der Waals surface area contributed by atoms with E-state index in [9.17, 15) is 9.90 Å². The van der Waals surface area contributed by atoms with E-state index >= 15 is 0 Å². The second-order valence-electron chi connectivity index (χ2n) is 10.1. The van der Waals surface area contributed by atoms with Crippen LogP contribution < -0.4 is 0 Å². The molecule has 0 aromatic heterocycles. The minimum Gasteiger partial charge on any atom is -0.462 e. The van der Waals surface area contributed by atoms with Crippen molar-refractivity contribution in [2.24, 2.45) is 34.0 Å². The van der Waals surface area contributed by atoms with E-state index in [4.69, 9.17) is 4.74 Å². The molecule has 25 heavy (non-hydrogen) atoms. The molecule has 4 aliphatic carbocycles. The van der Waals surface area contributed by atoms with Gasteiger partial charge in [0.15, 0.2) is 0 Å². The zero-order chi connectivity index (χ0) is 18.0. The van der Waals surface area contributed by atoms with Crippen molar-refractivity contribution in [3.05, 3.63) is 11.6 Å². The van der Waals surface area contributed by atoms with Gasteiger partial charge in [-0.1, -0.05) is 31.9 Å². The highest BCUT2D eigenvalue weighted by molar-refractivity contribution is 5.66. The molecule has 1 spiro atoms. The Morgan fingerprint density at radius 3 is 2.72 bits per heavy atom. The summed E-state index contributed by atoms with van der Waals surface area (Å²) in [4.78, 5) is 11.9. The average molecular weight is 347 g/mol. The number of aliphatic hydroxyl groups excluding tert-OH is 1. The molecule has 4 rings (SSSR count). The monoisotopic (exact) mass is 346 g/mol. The fourth-order valence-corrected chi connectivity index (χ4v) is 7.76. The van der Waals surface area contributed by atoms with Gasteiger partial charge in [-0.15, -0.1) is 0 Å². The maximum absolute atomic E-state index is 11.9. The van der Waals surface area contributed by atoms with Gasteiger partial charge in [0.2, 0.25) is 0 Å². The van der Waals surface area contributed by atoms with E-state index in [0.717, 1.165) is 12.8 Å². The molecule has 7 atom stereocenters.